The first kappa shape index (κ1) is 11.9. The van der Waals surface area contributed by atoms with E-state index in [2.05, 4.69) is 12.2 Å². The van der Waals surface area contributed by atoms with Gasteiger partial charge < -0.3 is 5.32 Å². The van der Waals surface area contributed by atoms with Crippen LogP contribution in [0.2, 0.25) is 0 Å². The molecule has 0 aliphatic heterocycles. The van der Waals surface area contributed by atoms with Crippen molar-refractivity contribution < 1.29 is 4.39 Å². The van der Waals surface area contributed by atoms with Crippen molar-refractivity contribution >= 4 is 0 Å². The van der Waals surface area contributed by atoms with Crippen LogP contribution in [0.15, 0.2) is 24.3 Å². The maximum Gasteiger partial charge on any atom is 0.127 e. The van der Waals surface area contributed by atoms with E-state index in [4.69, 9.17) is 0 Å². The summed E-state index contributed by atoms with van der Waals surface area (Å²) in [5.41, 5.74) is 0.849. The molecule has 2 bridgehead atoms. The highest BCUT2D eigenvalue weighted by Crippen LogP contribution is 2.66. The Morgan fingerprint density at radius 2 is 1.89 bits per heavy atom. The van der Waals surface area contributed by atoms with Gasteiger partial charge in [0, 0.05) is 17.6 Å². The Morgan fingerprint density at radius 1 is 1.21 bits per heavy atom. The average molecular weight is 259 g/mol. The highest BCUT2D eigenvalue weighted by atomic mass is 19.1. The second-order valence-electron chi connectivity index (χ2n) is 6.66. The fraction of sp³-hybridized carbons (Fsp3) is 0.647. The Bertz CT molecular complexity index is 470. The molecule has 1 aromatic carbocycles. The van der Waals surface area contributed by atoms with E-state index >= 15 is 0 Å². The Hall–Kier alpha value is -0.890. The molecule has 0 amide bonds. The predicted octanol–water partition coefficient (Wildman–Crippen LogP) is 3.91. The zero-order valence-corrected chi connectivity index (χ0v) is 11.5. The minimum absolute atomic E-state index is 0.0596. The van der Waals surface area contributed by atoms with Crippen LogP contribution in [0.1, 0.15) is 44.2 Å². The van der Waals surface area contributed by atoms with E-state index in [-0.39, 0.29) is 11.9 Å². The van der Waals surface area contributed by atoms with Crippen LogP contribution < -0.4 is 5.32 Å². The van der Waals surface area contributed by atoms with Gasteiger partial charge >= 0.3 is 0 Å². The Kier molecular flexibility index (Phi) is 2.70. The van der Waals surface area contributed by atoms with Crippen LogP contribution in [0.4, 0.5) is 4.39 Å². The van der Waals surface area contributed by atoms with Crippen molar-refractivity contribution in [2.75, 3.05) is 0 Å². The molecule has 3 aliphatic carbocycles. The van der Waals surface area contributed by atoms with Crippen molar-refractivity contribution in [3.05, 3.63) is 35.6 Å². The summed E-state index contributed by atoms with van der Waals surface area (Å²) in [6.07, 6.45) is 5.33. The standard InChI is InChI=1S/C17H22FN/c1-2-14(12-5-3-4-6-13(12)18)19-17-15-10-7-8-11(9-10)16(15)17/h3-6,10-11,14-17,19H,2,7-9H2,1H3. The summed E-state index contributed by atoms with van der Waals surface area (Å²) in [7, 11) is 0. The third-order valence-electron chi connectivity index (χ3n) is 5.82. The van der Waals surface area contributed by atoms with Crippen molar-refractivity contribution in [2.24, 2.45) is 23.7 Å². The molecule has 0 heterocycles. The van der Waals surface area contributed by atoms with Gasteiger partial charge in [-0.05, 0) is 55.4 Å². The lowest BCUT2D eigenvalue weighted by atomic mass is 10.0. The maximum atomic E-state index is 13.9. The molecule has 0 aromatic heterocycles. The minimum atomic E-state index is -0.0596. The molecule has 4 rings (SSSR count). The van der Waals surface area contributed by atoms with E-state index in [1.54, 1.807) is 12.1 Å². The van der Waals surface area contributed by atoms with E-state index in [9.17, 15) is 4.39 Å². The average Bonchev–Trinajstić information content (AvgIpc) is 2.82. The van der Waals surface area contributed by atoms with E-state index in [1.165, 1.54) is 19.3 Å². The van der Waals surface area contributed by atoms with Gasteiger partial charge in [0.25, 0.3) is 0 Å². The highest BCUT2D eigenvalue weighted by molar-refractivity contribution is 5.24. The second kappa shape index (κ2) is 4.31. The fourth-order valence-corrected chi connectivity index (χ4v) is 4.97. The highest BCUT2D eigenvalue weighted by Gasteiger charge is 2.64. The van der Waals surface area contributed by atoms with E-state index < -0.39 is 0 Å². The summed E-state index contributed by atoms with van der Waals surface area (Å²) >= 11 is 0. The molecule has 1 aromatic rings. The van der Waals surface area contributed by atoms with E-state index in [0.717, 1.165) is 35.7 Å². The molecule has 1 N–H and O–H groups in total. The van der Waals surface area contributed by atoms with Gasteiger partial charge in [0.15, 0.2) is 0 Å². The molecule has 2 heteroatoms. The van der Waals surface area contributed by atoms with Crippen molar-refractivity contribution in [3.8, 4) is 0 Å². The first-order valence-electron chi connectivity index (χ1n) is 7.80. The van der Waals surface area contributed by atoms with Crippen molar-refractivity contribution in [3.63, 3.8) is 0 Å². The molecular formula is C17H22FN. The summed E-state index contributed by atoms with van der Waals surface area (Å²) in [5, 5.41) is 3.76. The first-order valence-corrected chi connectivity index (χ1v) is 7.80. The molecule has 5 atom stereocenters. The summed E-state index contributed by atoms with van der Waals surface area (Å²) in [6, 6.07) is 8.10. The molecule has 0 saturated heterocycles. The number of fused-ring (bicyclic) bond motifs is 5. The lowest BCUT2D eigenvalue weighted by Crippen LogP contribution is -2.28. The zero-order chi connectivity index (χ0) is 13.0. The van der Waals surface area contributed by atoms with Gasteiger partial charge in [-0.1, -0.05) is 25.1 Å². The minimum Gasteiger partial charge on any atom is -0.306 e. The quantitative estimate of drug-likeness (QED) is 0.864. The van der Waals surface area contributed by atoms with Crippen LogP contribution >= 0.6 is 0 Å². The normalized spacial score (nSPS) is 40.2. The Morgan fingerprint density at radius 3 is 2.53 bits per heavy atom. The SMILES string of the molecule is CCC(NC1C2C3CCC(C3)C12)c1ccccc1F. The number of benzene rings is 1. The van der Waals surface area contributed by atoms with E-state index in [0.29, 0.717) is 6.04 Å². The molecular weight excluding hydrogens is 237 g/mol. The number of hydrogen-bond donors (Lipinski definition) is 1. The number of rotatable bonds is 4. The molecule has 0 spiro atoms. The monoisotopic (exact) mass is 259 g/mol. The van der Waals surface area contributed by atoms with Crippen LogP contribution in [0.3, 0.4) is 0 Å². The second-order valence-corrected chi connectivity index (χ2v) is 6.66. The number of halogens is 1. The lowest BCUT2D eigenvalue weighted by molar-refractivity contribution is 0.407. The van der Waals surface area contributed by atoms with Crippen LogP contribution in [0, 0.1) is 29.5 Å². The maximum absolute atomic E-state index is 13.9. The third-order valence-corrected chi connectivity index (χ3v) is 5.82. The third kappa shape index (κ3) is 1.76. The van der Waals surface area contributed by atoms with Crippen molar-refractivity contribution in [1.29, 1.82) is 0 Å². The Balaban J connectivity index is 1.49. The summed E-state index contributed by atoms with van der Waals surface area (Å²) in [6.45, 7) is 2.15. The molecule has 5 unspecified atom stereocenters. The largest absolute Gasteiger partial charge is 0.306 e. The summed E-state index contributed by atoms with van der Waals surface area (Å²) < 4.78 is 13.9. The summed E-state index contributed by atoms with van der Waals surface area (Å²) in [4.78, 5) is 0. The molecule has 3 fully saturated rings. The topological polar surface area (TPSA) is 12.0 Å². The first-order chi connectivity index (χ1) is 9.29. The molecule has 1 nitrogen and oxygen atoms in total. The molecule has 102 valence electrons. The molecule has 0 radical (unpaired) electrons. The van der Waals surface area contributed by atoms with Gasteiger partial charge in [-0.3, -0.25) is 0 Å². The zero-order valence-electron chi connectivity index (χ0n) is 11.5. The van der Waals surface area contributed by atoms with Gasteiger partial charge in [-0.25, -0.2) is 4.39 Å². The molecule has 3 saturated carbocycles. The number of hydrogen-bond acceptors (Lipinski definition) is 1. The van der Waals surface area contributed by atoms with Crippen LogP contribution in [-0.4, -0.2) is 6.04 Å². The lowest BCUT2D eigenvalue weighted by Gasteiger charge is -2.20. The molecule has 19 heavy (non-hydrogen) atoms. The van der Waals surface area contributed by atoms with E-state index in [1.807, 2.05) is 12.1 Å². The Labute approximate surface area is 114 Å². The van der Waals surface area contributed by atoms with Crippen molar-refractivity contribution in [2.45, 2.75) is 44.7 Å². The van der Waals surface area contributed by atoms with Gasteiger partial charge in [0.05, 0.1) is 0 Å². The van der Waals surface area contributed by atoms with Crippen LogP contribution in [0.5, 0.6) is 0 Å². The smallest absolute Gasteiger partial charge is 0.127 e. The predicted molar refractivity (Wildman–Crippen MR) is 74.2 cm³/mol. The van der Waals surface area contributed by atoms with Crippen molar-refractivity contribution in [1.82, 2.24) is 5.32 Å². The van der Waals surface area contributed by atoms with Gasteiger partial charge in [-0.2, -0.15) is 0 Å². The van der Waals surface area contributed by atoms with Gasteiger partial charge in [0.1, 0.15) is 5.82 Å². The van der Waals surface area contributed by atoms with Gasteiger partial charge in [0.2, 0.25) is 0 Å². The van der Waals surface area contributed by atoms with Crippen LogP contribution in [-0.2, 0) is 0 Å². The summed E-state index contributed by atoms with van der Waals surface area (Å²) in [5.74, 6) is 3.73. The molecule has 3 aliphatic rings. The van der Waals surface area contributed by atoms with Crippen LogP contribution in [0.25, 0.3) is 0 Å². The fourth-order valence-electron chi connectivity index (χ4n) is 4.97. The number of nitrogens with one attached hydrogen (secondary N) is 1. The van der Waals surface area contributed by atoms with Gasteiger partial charge in [-0.15, -0.1) is 0 Å².